The lowest BCUT2D eigenvalue weighted by Crippen LogP contribution is -2.45. The number of carbonyl (C=O) groups is 1. The first kappa shape index (κ1) is 21.1. The van der Waals surface area contributed by atoms with E-state index in [1.165, 1.54) is 4.31 Å². The zero-order chi connectivity index (χ0) is 22.7. The van der Waals surface area contributed by atoms with E-state index in [0.29, 0.717) is 5.57 Å². The zero-order valence-electron chi connectivity index (χ0n) is 18.0. The average Bonchev–Trinajstić information content (AvgIpc) is 3.37. The van der Waals surface area contributed by atoms with Crippen molar-refractivity contribution in [2.75, 3.05) is 6.54 Å². The molecular formula is C25H25NO5S. The van der Waals surface area contributed by atoms with E-state index < -0.39 is 39.2 Å². The smallest absolute Gasteiger partial charge is 0.325 e. The van der Waals surface area contributed by atoms with Crippen LogP contribution in [0.15, 0.2) is 83.8 Å². The van der Waals surface area contributed by atoms with E-state index in [-0.39, 0.29) is 18.0 Å². The number of hydrogen-bond acceptors (Lipinski definition) is 5. The molecule has 4 unspecified atom stereocenters. The van der Waals surface area contributed by atoms with E-state index in [1.807, 2.05) is 56.3 Å². The quantitative estimate of drug-likeness (QED) is 0.515. The van der Waals surface area contributed by atoms with Crippen molar-refractivity contribution < 1.29 is 22.7 Å². The van der Waals surface area contributed by atoms with Crippen LogP contribution in [-0.4, -0.2) is 42.5 Å². The molecular weight excluding hydrogens is 426 g/mol. The number of esters is 1. The van der Waals surface area contributed by atoms with Crippen LogP contribution < -0.4 is 0 Å². The van der Waals surface area contributed by atoms with Gasteiger partial charge in [-0.25, -0.2) is 8.42 Å². The molecule has 2 bridgehead atoms. The SMILES string of the molecule is C=C1C2C(C(=O)OCc3ccccc3)N(S(=O)(=O)c3ccc(C)cc3)CC23C=CC1(C)O3. The summed E-state index contributed by atoms with van der Waals surface area (Å²) in [6.07, 6.45) is 3.79. The predicted octanol–water partition coefficient (Wildman–Crippen LogP) is 3.38. The Morgan fingerprint density at radius 1 is 1.16 bits per heavy atom. The lowest BCUT2D eigenvalue weighted by Gasteiger charge is -2.29. The van der Waals surface area contributed by atoms with Crippen molar-refractivity contribution in [3.63, 3.8) is 0 Å². The molecule has 7 heteroatoms. The minimum Gasteiger partial charge on any atom is -0.460 e. The Hall–Kier alpha value is -2.74. The van der Waals surface area contributed by atoms with E-state index in [4.69, 9.17) is 9.47 Å². The molecule has 4 atom stereocenters. The molecule has 2 aromatic carbocycles. The van der Waals surface area contributed by atoms with Gasteiger partial charge in [-0.15, -0.1) is 0 Å². The first-order valence-corrected chi connectivity index (χ1v) is 12.0. The monoisotopic (exact) mass is 451 g/mol. The van der Waals surface area contributed by atoms with Gasteiger partial charge >= 0.3 is 5.97 Å². The molecule has 1 spiro atoms. The predicted molar refractivity (Wildman–Crippen MR) is 119 cm³/mol. The van der Waals surface area contributed by atoms with Crippen LogP contribution in [0, 0.1) is 12.8 Å². The number of benzene rings is 2. The van der Waals surface area contributed by atoms with Crippen LogP contribution in [0.3, 0.4) is 0 Å². The first-order chi connectivity index (χ1) is 15.2. The Labute approximate surface area is 188 Å². The van der Waals surface area contributed by atoms with E-state index in [1.54, 1.807) is 24.3 Å². The number of hydrogen-bond donors (Lipinski definition) is 0. The largest absolute Gasteiger partial charge is 0.460 e. The maximum Gasteiger partial charge on any atom is 0.325 e. The molecule has 2 saturated heterocycles. The van der Waals surface area contributed by atoms with Crippen molar-refractivity contribution in [1.82, 2.24) is 4.31 Å². The van der Waals surface area contributed by atoms with E-state index in [0.717, 1.165) is 11.1 Å². The highest BCUT2D eigenvalue weighted by Crippen LogP contribution is 2.58. The standard InChI is InChI=1S/C25H25NO5S/c1-17-9-11-20(12-10-17)32(28,29)26-16-25-14-13-24(3,31-25)18(2)21(25)22(26)23(27)30-15-19-7-5-4-6-8-19/h4-14,21-22H,2,15-16H2,1,3H3. The van der Waals surface area contributed by atoms with Gasteiger partial charge in [0.05, 0.1) is 4.90 Å². The van der Waals surface area contributed by atoms with Crippen molar-refractivity contribution in [2.45, 2.75) is 42.6 Å². The number of rotatable bonds is 5. The van der Waals surface area contributed by atoms with E-state index >= 15 is 0 Å². The van der Waals surface area contributed by atoms with E-state index in [9.17, 15) is 13.2 Å². The third-order valence-electron chi connectivity index (χ3n) is 6.75. The highest BCUT2D eigenvalue weighted by Gasteiger charge is 2.69. The highest BCUT2D eigenvalue weighted by atomic mass is 32.2. The Morgan fingerprint density at radius 2 is 1.84 bits per heavy atom. The fourth-order valence-electron chi connectivity index (χ4n) is 5.00. The summed E-state index contributed by atoms with van der Waals surface area (Å²) in [6, 6.07) is 14.9. The molecule has 2 fully saturated rings. The lowest BCUT2D eigenvalue weighted by atomic mass is 9.75. The number of aryl methyl sites for hydroxylation is 1. The van der Waals surface area contributed by atoms with Gasteiger partial charge in [0.15, 0.2) is 0 Å². The molecule has 0 aliphatic carbocycles. The van der Waals surface area contributed by atoms with Gasteiger partial charge in [0.1, 0.15) is 23.9 Å². The molecule has 32 heavy (non-hydrogen) atoms. The fourth-order valence-corrected chi connectivity index (χ4v) is 6.63. The molecule has 166 valence electrons. The van der Waals surface area contributed by atoms with Crippen LogP contribution in [-0.2, 0) is 30.9 Å². The summed E-state index contributed by atoms with van der Waals surface area (Å²) < 4.78 is 40.4. The van der Waals surface area contributed by atoms with Crippen LogP contribution >= 0.6 is 0 Å². The second-order valence-electron chi connectivity index (χ2n) is 8.90. The molecule has 0 radical (unpaired) electrons. The minimum absolute atomic E-state index is 0.0318. The molecule has 2 aromatic rings. The molecule has 3 aliphatic rings. The lowest BCUT2D eigenvalue weighted by molar-refractivity contribution is -0.149. The second kappa shape index (κ2) is 7.13. The molecule has 6 nitrogen and oxygen atoms in total. The number of sulfonamides is 1. The topological polar surface area (TPSA) is 72.9 Å². The maximum atomic E-state index is 13.6. The summed E-state index contributed by atoms with van der Waals surface area (Å²) in [5.41, 5.74) is 0.855. The minimum atomic E-state index is -3.97. The summed E-state index contributed by atoms with van der Waals surface area (Å²) in [5.74, 6) is -1.11. The third kappa shape index (κ3) is 3.07. The Bertz CT molecular complexity index is 1220. The molecule has 0 aromatic heterocycles. The molecule has 5 rings (SSSR count). The number of ether oxygens (including phenoxy) is 2. The Kier molecular flexibility index (Phi) is 4.71. The van der Waals surface area contributed by atoms with Gasteiger partial charge in [0.2, 0.25) is 10.0 Å². The van der Waals surface area contributed by atoms with Crippen molar-refractivity contribution in [3.05, 3.63) is 90.0 Å². The van der Waals surface area contributed by atoms with Crippen LogP contribution in [0.2, 0.25) is 0 Å². The molecule has 3 aliphatic heterocycles. The second-order valence-corrected chi connectivity index (χ2v) is 10.8. The van der Waals surface area contributed by atoms with E-state index in [2.05, 4.69) is 6.58 Å². The summed E-state index contributed by atoms with van der Waals surface area (Å²) >= 11 is 0. The molecule has 0 amide bonds. The normalized spacial score (nSPS) is 31.1. The van der Waals surface area contributed by atoms with Gasteiger partial charge in [0, 0.05) is 12.5 Å². The van der Waals surface area contributed by atoms with Gasteiger partial charge in [-0.2, -0.15) is 4.31 Å². The van der Waals surface area contributed by atoms with Crippen molar-refractivity contribution in [1.29, 1.82) is 0 Å². The molecule has 3 heterocycles. The van der Waals surface area contributed by atoms with Crippen molar-refractivity contribution >= 4 is 16.0 Å². The van der Waals surface area contributed by atoms with Crippen molar-refractivity contribution in [3.8, 4) is 0 Å². The van der Waals surface area contributed by atoms with Crippen LogP contribution in [0.4, 0.5) is 0 Å². The fraction of sp³-hybridized carbons (Fsp3) is 0.320. The number of nitrogens with zero attached hydrogens (tertiary/aromatic N) is 1. The third-order valence-corrected chi connectivity index (χ3v) is 8.59. The van der Waals surface area contributed by atoms with Crippen molar-refractivity contribution in [2.24, 2.45) is 5.92 Å². The Balaban J connectivity index is 1.52. The number of carbonyl (C=O) groups excluding carboxylic acids is 1. The average molecular weight is 452 g/mol. The summed E-state index contributed by atoms with van der Waals surface area (Å²) in [5, 5.41) is 0. The summed E-state index contributed by atoms with van der Waals surface area (Å²) in [4.78, 5) is 13.5. The van der Waals surface area contributed by atoms with Gasteiger partial charge in [0.25, 0.3) is 0 Å². The van der Waals surface area contributed by atoms with Crippen LogP contribution in [0.1, 0.15) is 18.1 Å². The number of fused-ring (bicyclic) bond motifs is 1. The van der Waals surface area contributed by atoms with Gasteiger partial charge in [-0.3, -0.25) is 4.79 Å². The maximum absolute atomic E-state index is 13.6. The highest BCUT2D eigenvalue weighted by molar-refractivity contribution is 7.89. The molecule has 0 N–H and O–H groups in total. The zero-order valence-corrected chi connectivity index (χ0v) is 18.8. The van der Waals surface area contributed by atoms with Gasteiger partial charge < -0.3 is 9.47 Å². The first-order valence-electron chi connectivity index (χ1n) is 10.6. The summed E-state index contributed by atoms with van der Waals surface area (Å²) in [6.45, 7) is 8.07. The molecule has 0 saturated carbocycles. The van der Waals surface area contributed by atoms with Crippen LogP contribution in [0.25, 0.3) is 0 Å². The van der Waals surface area contributed by atoms with Crippen LogP contribution in [0.5, 0.6) is 0 Å². The Morgan fingerprint density at radius 3 is 2.53 bits per heavy atom. The summed E-state index contributed by atoms with van der Waals surface area (Å²) in [7, 11) is -3.97. The van der Waals surface area contributed by atoms with Gasteiger partial charge in [-0.1, -0.05) is 66.8 Å². The van der Waals surface area contributed by atoms with Gasteiger partial charge in [-0.05, 0) is 37.1 Å².